The molecule has 0 radical (unpaired) electrons. The molecular formula is C69H66N2O. The molecule has 0 amide bonds. The molecule has 14 rings (SSSR count). The molecule has 2 aliphatic heterocycles. The number of rotatable bonds is 8. The van der Waals surface area contributed by atoms with Crippen LogP contribution in [0.15, 0.2) is 211 Å². The molecular weight excluding hydrogens is 873 g/mol. The first-order valence-electron chi connectivity index (χ1n) is 27.2. The summed E-state index contributed by atoms with van der Waals surface area (Å²) < 4.78 is 6.89. The van der Waals surface area contributed by atoms with Crippen LogP contribution in [0, 0.1) is 29.1 Å². The van der Waals surface area contributed by atoms with Crippen molar-refractivity contribution in [1.29, 1.82) is 0 Å². The Bertz CT molecular complexity index is 3490. The number of allylic oxidation sites excluding steroid dienone is 12. The molecule has 2 saturated carbocycles. The Balaban J connectivity index is 0.787. The molecule has 358 valence electrons. The first-order valence-corrected chi connectivity index (χ1v) is 27.2. The molecule has 3 fully saturated rings. The molecule has 0 N–H and O–H groups in total. The summed E-state index contributed by atoms with van der Waals surface area (Å²) in [6.45, 7) is 13.9. The van der Waals surface area contributed by atoms with Gasteiger partial charge in [-0.05, 0) is 172 Å². The van der Waals surface area contributed by atoms with E-state index in [1.807, 2.05) is 0 Å². The minimum atomic E-state index is -0.152. The first-order chi connectivity index (χ1) is 35.2. The summed E-state index contributed by atoms with van der Waals surface area (Å²) in [5.41, 5.74) is 16.2. The van der Waals surface area contributed by atoms with E-state index < -0.39 is 0 Å². The van der Waals surface area contributed by atoms with Gasteiger partial charge in [0.05, 0.1) is 11.0 Å². The molecule has 3 nitrogen and oxygen atoms in total. The topological polar surface area (TPSA) is 15.7 Å². The van der Waals surface area contributed by atoms with Crippen molar-refractivity contribution in [2.45, 2.75) is 102 Å². The van der Waals surface area contributed by atoms with E-state index in [0.29, 0.717) is 23.7 Å². The maximum absolute atomic E-state index is 6.89. The minimum Gasteiger partial charge on any atom is -0.482 e. The van der Waals surface area contributed by atoms with E-state index in [2.05, 4.69) is 226 Å². The SMILES string of the molecule is C=Cc1c(CC)c2ccccc2c2cc(N(c3ccc(CC4C=CC(N5C6=C(C=CC=CC6)C6C7C=C8OC9%10C=CC=CC9(C%10)C8=CCC765)=CC4C)cc3)c3ccc4c(c3)C(C)(C)CCCC=CC4)ccc12. The average molecular weight is 939 g/mol. The van der Waals surface area contributed by atoms with Gasteiger partial charge in [0.2, 0.25) is 0 Å². The second-order valence-corrected chi connectivity index (χ2v) is 23.1. The van der Waals surface area contributed by atoms with Crippen molar-refractivity contribution in [1.82, 2.24) is 4.90 Å². The molecule has 9 aliphatic rings. The highest BCUT2D eigenvalue weighted by Gasteiger charge is 2.78. The van der Waals surface area contributed by atoms with Crippen molar-refractivity contribution in [3.8, 4) is 0 Å². The fraction of sp³-hybridized carbons (Fsp3) is 0.304. The predicted octanol–water partition coefficient (Wildman–Crippen LogP) is 17.0. The largest absolute Gasteiger partial charge is 0.482 e. The van der Waals surface area contributed by atoms with Gasteiger partial charge in [-0.1, -0.05) is 162 Å². The maximum atomic E-state index is 6.89. The lowest BCUT2D eigenvalue weighted by atomic mass is 9.77. The standard InChI is InChI=1S/C69H66N2O/c1-6-53-54(7-2)57-33-32-50(41-59(57)56-21-15-14-20-55(53)56)70(51-30-26-47-19-11-8-9-16-35-66(4,5)61(47)42-51)49-28-24-46(25-29-49)40-48-27-31-52(39-45(48)3)71-63-23-13-10-12-22-58(63)65-62-43-64-60(34-38-69(62,65)71)67-36-17-18-37-68(67,44-67)72-64/h7-8,10-15,17-18,20-22,24-34,36-37,39,41-43,45,48,62,65H,2,6,9,16,19,23,35,38,40,44H2,1,3-5H3. The summed E-state index contributed by atoms with van der Waals surface area (Å²) in [7, 11) is 0. The van der Waals surface area contributed by atoms with Gasteiger partial charge in [-0.25, -0.2) is 0 Å². The summed E-state index contributed by atoms with van der Waals surface area (Å²) in [6, 6.07) is 32.9. The predicted molar refractivity (Wildman–Crippen MR) is 300 cm³/mol. The maximum Gasteiger partial charge on any atom is 0.142 e. The molecule has 5 aromatic carbocycles. The highest BCUT2D eigenvalue weighted by molar-refractivity contribution is 6.14. The van der Waals surface area contributed by atoms with E-state index in [4.69, 9.17) is 4.74 Å². The number of aryl methyl sites for hydroxylation is 1. The lowest BCUT2D eigenvalue weighted by molar-refractivity contribution is 0.152. The average Bonchev–Trinajstić information content (AvgIpc) is 4.26. The van der Waals surface area contributed by atoms with Crippen LogP contribution in [0.3, 0.4) is 0 Å². The van der Waals surface area contributed by atoms with Gasteiger partial charge in [0.25, 0.3) is 0 Å². The quantitative estimate of drug-likeness (QED) is 0.114. The van der Waals surface area contributed by atoms with Crippen molar-refractivity contribution < 1.29 is 4.74 Å². The van der Waals surface area contributed by atoms with Crippen LogP contribution in [0.4, 0.5) is 17.1 Å². The van der Waals surface area contributed by atoms with Crippen LogP contribution in [0.1, 0.15) is 94.0 Å². The number of hydrogen-bond acceptors (Lipinski definition) is 3. The second-order valence-electron chi connectivity index (χ2n) is 23.1. The third kappa shape index (κ3) is 6.34. The van der Waals surface area contributed by atoms with Crippen molar-refractivity contribution in [2.75, 3.05) is 4.90 Å². The minimum absolute atomic E-state index is 0.0218. The van der Waals surface area contributed by atoms with Gasteiger partial charge in [0, 0.05) is 58.7 Å². The van der Waals surface area contributed by atoms with Crippen molar-refractivity contribution in [2.24, 2.45) is 29.1 Å². The van der Waals surface area contributed by atoms with Gasteiger partial charge in [0.1, 0.15) is 11.4 Å². The first kappa shape index (κ1) is 43.9. The van der Waals surface area contributed by atoms with Crippen molar-refractivity contribution in [3.63, 3.8) is 0 Å². The van der Waals surface area contributed by atoms with E-state index >= 15 is 0 Å². The van der Waals surface area contributed by atoms with Crippen LogP contribution in [0.25, 0.3) is 27.6 Å². The smallest absolute Gasteiger partial charge is 0.142 e. The van der Waals surface area contributed by atoms with Gasteiger partial charge in [-0.3, -0.25) is 0 Å². The zero-order valence-corrected chi connectivity index (χ0v) is 42.5. The van der Waals surface area contributed by atoms with Crippen LogP contribution >= 0.6 is 0 Å². The molecule has 2 heterocycles. The molecule has 72 heavy (non-hydrogen) atoms. The van der Waals surface area contributed by atoms with Crippen LogP contribution < -0.4 is 4.90 Å². The van der Waals surface area contributed by atoms with E-state index in [0.717, 1.165) is 57.1 Å². The number of benzene rings is 5. The molecule has 3 heteroatoms. The Morgan fingerprint density at radius 1 is 0.806 bits per heavy atom. The zero-order valence-electron chi connectivity index (χ0n) is 42.5. The fourth-order valence-electron chi connectivity index (χ4n) is 15.1. The number of ether oxygens (including phenoxy) is 1. The van der Waals surface area contributed by atoms with E-state index in [1.54, 1.807) is 0 Å². The van der Waals surface area contributed by atoms with Gasteiger partial charge >= 0.3 is 0 Å². The summed E-state index contributed by atoms with van der Waals surface area (Å²) in [4.78, 5) is 5.31. The molecule has 7 unspecified atom stereocenters. The Hall–Kier alpha value is -6.84. The number of nitrogens with zero attached hydrogens (tertiary/aromatic N) is 2. The summed E-state index contributed by atoms with van der Waals surface area (Å²) in [5.74, 6) is 2.84. The normalized spacial score (nSPS) is 29.7. The van der Waals surface area contributed by atoms with Gasteiger partial charge in [-0.15, -0.1) is 0 Å². The van der Waals surface area contributed by atoms with Crippen LogP contribution in [-0.4, -0.2) is 16.0 Å². The third-order valence-electron chi connectivity index (χ3n) is 18.9. The van der Waals surface area contributed by atoms with Crippen LogP contribution in [0.5, 0.6) is 0 Å². The van der Waals surface area contributed by atoms with E-state index in [1.165, 1.54) is 95.4 Å². The Kier molecular flexibility index (Phi) is 9.81. The number of hydrogen-bond donors (Lipinski definition) is 0. The Labute approximate surface area is 427 Å². The van der Waals surface area contributed by atoms with Crippen molar-refractivity contribution in [3.05, 3.63) is 239 Å². The van der Waals surface area contributed by atoms with Crippen LogP contribution in [-0.2, 0) is 29.4 Å². The molecule has 5 aromatic rings. The Morgan fingerprint density at radius 2 is 1.62 bits per heavy atom. The zero-order chi connectivity index (χ0) is 48.6. The van der Waals surface area contributed by atoms with E-state index in [9.17, 15) is 0 Å². The third-order valence-corrected chi connectivity index (χ3v) is 18.9. The monoisotopic (exact) mass is 939 g/mol. The van der Waals surface area contributed by atoms with Gasteiger partial charge < -0.3 is 14.5 Å². The molecule has 1 saturated heterocycles. The number of anilines is 3. The molecule has 7 atom stereocenters. The van der Waals surface area contributed by atoms with Gasteiger partial charge in [-0.2, -0.15) is 0 Å². The molecule has 7 aliphatic carbocycles. The highest BCUT2D eigenvalue weighted by atomic mass is 16.5. The molecule has 0 aromatic heterocycles. The Morgan fingerprint density at radius 3 is 2.47 bits per heavy atom. The fourth-order valence-corrected chi connectivity index (χ4v) is 15.1. The summed E-state index contributed by atoms with van der Waals surface area (Å²) >= 11 is 0. The molecule has 0 bridgehead atoms. The number of fused-ring (bicyclic) bond motifs is 7. The van der Waals surface area contributed by atoms with Crippen molar-refractivity contribution >= 4 is 44.7 Å². The lowest BCUT2D eigenvalue weighted by Gasteiger charge is -2.37. The van der Waals surface area contributed by atoms with Gasteiger partial charge in [0.15, 0.2) is 0 Å². The summed E-state index contributed by atoms with van der Waals surface area (Å²) in [6.07, 6.45) is 47.5. The summed E-state index contributed by atoms with van der Waals surface area (Å²) in [5, 5.41) is 5.15. The lowest BCUT2D eigenvalue weighted by Crippen LogP contribution is -2.36. The second kappa shape index (κ2) is 16.1. The highest BCUT2D eigenvalue weighted by Crippen LogP contribution is 2.77. The van der Waals surface area contributed by atoms with Crippen LogP contribution in [0.2, 0.25) is 0 Å². The molecule has 1 spiro atoms. The van der Waals surface area contributed by atoms with E-state index in [-0.39, 0.29) is 22.0 Å².